The molecule has 1 N–H and O–H groups in total. The van der Waals surface area contributed by atoms with Crippen molar-refractivity contribution in [2.24, 2.45) is 0 Å². The number of aromatic nitrogens is 1. The van der Waals surface area contributed by atoms with Gasteiger partial charge in [0.25, 0.3) is 0 Å². The number of rotatable bonds is 3. The summed E-state index contributed by atoms with van der Waals surface area (Å²) < 4.78 is 26.7. The summed E-state index contributed by atoms with van der Waals surface area (Å²) in [4.78, 5) is 4.02. The lowest BCUT2D eigenvalue weighted by Gasteiger charge is -2.06. The fourth-order valence-electron chi connectivity index (χ4n) is 1.66. The first kappa shape index (κ1) is 11.7. The molecule has 0 unspecified atom stereocenters. The second kappa shape index (κ2) is 5.01. The summed E-state index contributed by atoms with van der Waals surface area (Å²) in [5, 5.41) is 2.98. The number of benzene rings is 1. The Morgan fingerprint density at radius 3 is 2.82 bits per heavy atom. The van der Waals surface area contributed by atoms with Gasteiger partial charge in [-0.15, -0.1) is 0 Å². The van der Waals surface area contributed by atoms with Crippen LogP contribution in [-0.2, 0) is 6.54 Å². The maximum absolute atomic E-state index is 13.6. The van der Waals surface area contributed by atoms with Gasteiger partial charge in [0.05, 0.1) is 0 Å². The summed E-state index contributed by atoms with van der Waals surface area (Å²) >= 11 is 0. The maximum Gasteiger partial charge on any atom is 0.166 e. The zero-order chi connectivity index (χ0) is 12.3. The van der Waals surface area contributed by atoms with Crippen LogP contribution in [0.4, 0.5) is 8.78 Å². The number of nitrogens with one attached hydrogen (secondary N) is 1. The van der Waals surface area contributed by atoms with Crippen molar-refractivity contribution in [3.05, 3.63) is 53.9 Å². The average Bonchev–Trinajstić information content (AvgIpc) is 2.33. The first-order chi connectivity index (χ1) is 8.22. The molecule has 2 aromatic rings. The van der Waals surface area contributed by atoms with E-state index in [-0.39, 0.29) is 5.56 Å². The minimum absolute atomic E-state index is 0.232. The van der Waals surface area contributed by atoms with Crippen LogP contribution >= 0.6 is 0 Å². The number of halogens is 2. The second-order valence-electron chi connectivity index (χ2n) is 3.71. The Balaban J connectivity index is 2.45. The summed E-state index contributed by atoms with van der Waals surface area (Å²) in [5.41, 5.74) is 1.74. The molecule has 0 saturated carbocycles. The molecule has 1 aromatic heterocycles. The number of hydrogen-bond acceptors (Lipinski definition) is 2. The van der Waals surface area contributed by atoms with Crippen LogP contribution in [0.1, 0.15) is 5.56 Å². The van der Waals surface area contributed by atoms with Gasteiger partial charge in [-0.3, -0.25) is 4.98 Å². The number of nitrogens with zero attached hydrogens (tertiary/aromatic N) is 1. The zero-order valence-corrected chi connectivity index (χ0v) is 9.37. The third-order valence-corrected chi connectivity index (χ3v) is 2.44. The lowest BCUT2D eigenvalue weighted by molar-refractivity contribution is 0.511. The summed E-state index contributed by atoms with van der Waals surface area (Å²) in [5.74, 6) is -1.68. The number of hydrogen-bond donors (Lipinski definition) is 1. The Kier molecular flexibility index (Phi) is 3.44. The average molecular weight is 234 g/mol. The van der Waals surface area contributed by atoms with Crippen molar-refractivity contribution in [1.29, 1.82) is 0 Å². The molecule has 0 aliphatic rings. The van der Waals surface area contributed by atoms with Crippen molar-refractivity contribution in [1.82, 2.24) is 10.3 Å². The molecule has 1 aromatic carbocycles. The van der Waals surface area contributed by atoms with E-state index in [1.165, 1.54) is 12.3 Å². The van der Waals surface area contributed by atoms with E-state index in [1.807, 2.05) is 7.05 Å². The topological polar surface area (TPSA) is 24.9 Å². The Hall–Kier alpha value is -1.81. The van der Waals surface area contributed by atoms with E-state index in [1.54, 1.807) is 18.3 Å². The molecular weight excluding hydrogens is 222 g/mol. The third-order valence-electron chi connectivity index (χ3n) is 2.44. The predicted octanol–water partition coefficient (Wildman–Crippen LogP) is 2.75. The molecule has 0 amide bonds. The molecule has 0 bridgehead atoms. The highest BCUT2D eigenvalue weighted by molar-refractivity contribution is 5.63. The highest BCUT2D eigenvalue weighted by Crippen LogP contribution is 2.24. The number of pyridine rings is 1. The molecule has 0 atom stereocenters. The van der Waals surface area contributed by atoms with Crippen molar-refractivity contribution in [2.75, 3.05) is 7.05 Å². The van der Waals surface area contributed by atoms with Crippen molar-refractivity contribution in [3.8, 4) is 11.1 Å². The van der Waals surface area contributed by atoms with Gasteiger partial charge in [-0.1, -0.05) is 12.1 Å². The fraction of sp³-hybridized carbons (Fsp3) is 0.154. The molecule has 2 nitrogen and oxygen atoms in total. The van der Waals surface area contributed by atoms with Crippen molar-refractivity contribution in [2.45, 2.75) is 6.54 Å². The fourth-order valence-corrected chi connectivity index (χ4v) is 1.66. The van der Waals surface area contributed by atoms with E-state index >= 15 is 0 Å². The van der Waals surface area contributed by atoms with Crippen molar-refractivity contribution < 1.29 is 8.78 Å². The monoisotopic (exact) mass is 234 g/mol. The second-order valence-corrected chi connectivity index (χ2v) is 3.71. The molecule has 0 aliphatic carbocycles. The van der Waals surface area contributed by atoms with E-state index in [4.69, 9.17) is 0 Å². The summed E-state index contributed by atoms with van der Waals surface area (Å²) in [6.07, 6.45) is 3.22. The van der Waals surface area contributed by atoms with E-state index < -0.39 is 11.6 Å². The van der Waals surface area contributed by atoms with Crippen LogP contribution in [0.5, 0.6) is 0 Å². The van der Waals surface area contributed by atoms with Crippen LogP contribution in [0.15, 0.2) is 36.7 Å². The van der Waals surface area contributed by atoms with Gasteiger partial charge in [0.15, 0.2) is 11.6 Å². The molecule has 88 valence electrons. The summed E-state index contributed by atoms with van der Waals surface area (Å²) in [7, 11) is 1.81. The summed E-state index contributed by atoms with van der Waals surface area (Å²) in [6.45, 7) is 0.637. The summed E-state index contributed by atoms with van der Waals surface area (Å²) in [6, 6.07) is 5.92. The quantitative estimate of drug-likeness (QED) is 0.883. The Morgan fingerprint density at radius 1 is 1.24 bits per heavy atom. The molecule has 1 heterocycles. The largest absolute Gasteiger partial charge is 0.316 e. The van der Waals surface area contributed by atoms with Crippen molar-refractivity contribution in [3.63, 3.8) is 0 Å². The Morgan fingerprint density at radius 2 is 2.06 bits per heavy atom. The Bertz CT molecular complexity index is 527. The lowest BCUT2D eigenvalue weighted by Crippen LogP contribution is -2.05. The lowest BCUT2D eigenvalue weighted by atomic mass is 10.1. The van der Waals surface area contributed by atoms with Crippen molar-refractivity contribution >= 4 is 0 Å². The van der Waals surface area contributed by atoms with Gasteiger partial charge in [0, 0.05) is 30.1 Å². The zero-order valence-electron chi connectivity index (χ0n) is 9.37. The van der Waals surface area contributed by atoms with Gasteiger partial charge < -0.3 is 5.32 Å². The van der Waals surface area contributed by atoms with Gasteiger partial charge in [-0.25, -0.2) is 8.78 Å². The smallest absolute Gasteiger partial charge is 0.166 e. The minimum Gasteiger partial charge on any atom is -0.316 e. The van der Waals surface area contributed by atoms with E-state index in [0.717, 1.165) is 11.6 Å². The maximum atomic E-state index is 13.6. The van der Waals surface area contributed by atoms with Gasteiger partial charge in [-0.05, 0) is 24.7 Å². The first-order valence-electron chi connectivity index (χ1n) is 5.25. The van der Waals surface area contributed by atoms with Gasteiger partial charge in [0.2, 0.25) is 0 Å². The van der Waals surface area contributed by atoms with Crippen LogP contribution in [0.3, 0.4) is 0 Å². The van der Waals surface area contributed by atoms with E-state index in [2.05, 4.69) is 10.3 Å². The minimum atomic E-state index is -0.846. The van der Waals surface area contributed by atoms with Crippen LogP contribution in [0, 0.1) is 11.6 Å². The van der Waals surface area contributed by atoms with Crippen LogP contribution < -0.4 is 5.32 Å². The normalized spacial score (nSPS) is 10.5. The van der Waals surface area contributed by atoms with Gasteiger partial charge in [-0.2, -0.15) is 0 Å². The first-order valence-corrected chi connectivity index (χ1v) is 5.25. The highest BCUT2D eigenvalue weighted by atomic mass is 19.2. The van der Waals surface area contributed by atoms with Gasteiger partial charge >= 0.3 is 0 Å². The van der Waals surface area contributed by atoms with Gasteiger partial charge in [0.1, 0.15) is 0 Å². The molecule has 0 radical (unpaired) electrons. The predicted molar refractivity (Wildman–Crippen MR) is 62.4 cm³/mol. The highest BCUT2D eigenvalue weighted by Gasteiger charge is 2.10. The molecule has 0 spiro atoms. The molecule has 2 rings (SSSR count). The van der Waals surface area contributed by atoms with E-state index in [0.29, 0.717) is 12.1 Å². The van der Waals surface area contributed by atoms with Crippen LogP contribution in [0.2, 0.25) is 0 Å². The molecule has 0 aliphatic heterocycles. The Labute approximate surface area is 98.3 Å². The third kappa shape index (κ3) is 2.47. The molecule has 17 heavy (non-hydrogen) atoms. The van der Waals surface area contributed by atoms with E-state index in [9.17, 15) is 8.78 Å². The molecule has 4 heteroatoms. The molecule has 0 fully saturated rings. The van der Waals surface area contributed by atoms with Crippen LogP contribution in [-0.4, -0.2) is 12.0 Å². The standard InChI is InChI=1S/C13H12F2N2/c1-16-6-9-5-10(8-17-7-9)11-3-2-4-12(14)13(11)15/h2-5,7-8,16H,6H2,1H3. The SMILES string of the molecule is CNCc1cncc(-c2cccc(F)c2F)c1. The molecule has 0 saturated heterocycles. The molecular formula is C13H12F2N2. The van der Waals surface area contributed by atoms with Crippen LogP contribution in [0.25, 0.3) is 11.1 Å².